The Morgan fingerprint density at radius 3 is 2.75 bits per heavy atom. The molecule has 1 aliphatic rings. The minimum atomic E-state index is 0.715. The Bertz CT molecular complexity index is 120. The van der Waals surface area contributed by atoms with Crippen LogP contribution in [-0.4, -0.2) is 16.8 Å². The summed E-state index contributed by atoms with van der Waals surface area (Å²) >= 11 is 0. The SMILES string of the molecule is ONN1C=CC=CC1. The van der Waals surface area contributed by atoms with Gasteiger partial charge in [0, 0.05) is 6.20 Å². The Hall–Kier alpha value is -0.800. The highest BCUT2D eigenvalue weighted by molar-refractivity contribution is 5.07. The third kappa shape index (κ3) is 1.08. The minimum Gasteiger partial charge on any atom is -0.297 e. The van der Waals surface area contributed by atoms with Crippen molar-refractivity contribution in [2.75, 3.05) is 6.54 Å². The van der Waals surface area contributed by atoms with Gasteiger partial charge in [0.1, 0.15) is 0 Å². The van der Waals surface area contributed by atoms with Gasteiger partial charge in [0.25, 0.3) is 0 Å². The van der Waals surface area contributed by atoms with Crippen molar-refractivity contribution in [2.24, 2.45) is 0 Å². The normalized spacial score (nSPS) is 17.4. The van der Waals surface area contributed by atoms with Crippen molar-refractivity contribution >= 4 is 0 Å². The lowest BCUT2D eigenvalue weighted by Crippen LogP contribution is -2.31. The Morgan fingerprint density at radius 2 is 2.38 bits per heavy atom. The van der Waals surface area contributed by atoms with Crippen molar-refractivity contribution in [1.82, 2.24) is 10.6 Å². The van der Waals surface area contributed by atoms with E-state index in [1.165, 1.54) is 0 Å². The predicted molar refractivity (Wildman–Crippen MR) is 29.9 cm³/mol. The van der Waals surface area contributed by atoms with E-state index in [4.69, 9.17) is 5.21 Å². The molecule has 0 unspecified atom stereocenters. The molecule has 1 rings (SSSR count). The zero-order chi connectivity index (χ0) is 5.82. The maximum atomic E-state index is 8.28. The van der Waals surface area contributed by atoms with E-state index in [9.17, 15) is 0 Å². The standard InChI is InChI=1S/C5H8N2O/c8-6-7-4-2-1-3-5-7/h1-4,6,8H,5H2. The summed E-state index contributed by atoms with van der Waals surface area (Å²) in [5.74, 6) is 0. The molecule has 0 aromatic heterocycles. The molecule has 44 valence electrons. The van der Waals surface area contributed by atoms with E-state index in [1.807, 2.05) is 23.8 Å². The number of allylic oxidation sites excluding steroid dienone is 2. The van der Waals surface area contributed by atoms with Gasteiger partial charge in [0.05, 0.1) is 6.54 Å². The number of nitrogens with zero attached hydrogens (tertiary/aromatic N) is 1. The molecule has 0 fully saturated rings. The Balaban J connectivity index is 2.40. The van der Waals surface area contributed by atoms with Crippen molar-refractivity contribution in [2.45, 2.75) is 0 Å². The molecule has 0 bridgehead atoms. The van der Waals surface area contributed by atoms with Gasteiger partial charge in [-0.2, -0.15) is 0 Å². The van der Waals surface area contributed by atoms with Crippen molar-refractivity contribution in [1.29, 1.82) is 0 Å². The molecule has 0 aromatic carbocycles. The fourth-order valence-corrected chi connectivity index (χ4v) is 0.542. The summed E-state index contributed by atoms with van der Waals surface area (Å²) in [7, 11) is 0. The molecule has 0 aromatic rings. The molecular weight excluding hydrogens is 104 g/mol. The van der Waals surface area contributed by atoms with Crippen LogP contribution in [0.25, 0.3) is 0 Å². The highest BCUT2D eigenvalue weighted by atomic mass is 16.5. The van der Waals surface area contributed by atoms with Gasteiger partial charge in [-0.25, -0.2) is 0 Å². The number of nitrogens with one attached hydrogen (secondary N) is 1. The van der Waals surface area contributed by atoms with E-state index in [2.05, 4.69) is 0 Å². The van der Waals surface area contributed by atoms with Crippen LogP contribution in [0.3, 0.4) is 0 Å². The van der Waals surface area contributed by atoms with Crippen molar-refractivity contribution in [3.8, 4) is 0 Å². The first kappa shape index (κ1) is 5.34. The number of hydrogen-bond donors (Lipinski definition) is 2. The lowest BCUT2D eigenvalue weighted by Gasteiger charge is -2.15. The minimum absolute atomic E-state index is 0.715. The van der Waals surface area contributed by atoms with Crippen LogP contribution < -0.4 is 5.59 Å². The van der Waals surface area contributed by atoms with E-state index < -0.39 is 0 Å². The summed E-state index contributed by atoms with van der Waals surface area (Å²) in [5.41, 5.74) is 2.00. The summed E-state index contributed by atoms with van der Waals surface area (Å²) < 4.78 is 0. The number of hydrazine groups is 1. The summed E-state index contributed by atoms with van der Waals surface area (Å²) in [6.45, 7) is 0.715. The van der Waals surface area contributed by atoms with Crippen LogP contribution in [0.15, 0.2) is 24.4 Å². The van der Waals surface area contributed by atoms with Crippen molar-refractivity contribution in [3.05, 3.63) is 24.4 Å². The maximum absolute atomic E-state index is 8.28. The van der Waals surface area contributed by atoms with Crippen molar-refractivity contribution < 1.29 is 5.21 Å². The summed E-state index contributed by atoms with van der Waals surface area (Å²) in [6.07, 6.45) is 7.45. The zero-order valence-electron chi connectivity index (χ0n) is 4.41. The third-order valence-corrected chi connectivity index (χ3v) is 0.944. The van der Waals surface area contributed by atoms with Crippen LogP contribution >= 0.6 is 0 Å². The molecule has 0 radical (unpaired) electrons. The fourth-order valence-electron chi connectivity index (χ4n) is 0.542. The molecule has 0 aliphatic carbocycles. The lowest BCUT2D eigenvalue weighted by atomic mass is 10.4. The molecular formula is C5H8N2O. The smallest absolute Gasteiger partial charge is 0.0543 e. The van der Waals surface area contributed by atoms with Gasteiger partial charge in [0.15, 0.2) is 0 Å². The number of rotatable bonds is 1. The molecule has 0 spiro atoms. The van der Waals surface area contributed by atoms with E-state index >= 15 is 0 Å². The molecule has 8 heavy (non-hydrogen) atoms. The monoisotopic (exact) mass is 112 g/mol. The second-order valence-corrected chi connectivity index (χ2v) is 1.52. The third-order valence-electron chi connectivity index (χ3n) is 0.944. The fraction of sp³-hybridized carbons (Fsp3) is 0.200. The van der Waals surface area contributed by atoms with Crippen LogP contribution in [0.2, 0.25) is 0 Å². The van der Waals surface area contributed by atoms with Gasteiger partial charge in [-0.05, 0) is 6.08 Å². The first-order chi connectivity index (χ1) is 3.93. The van der Waals surface area contributed by atoms with Gasteiger partial charge in [-0.15, -0.1) is 5.59 Å². The summed E-state index contributed by atoms with van der Waals surface area (Å²) in [6, 6.07) is 0. The molecule has 3 nitrogen and oxygen atoms in total. The first-order valence-corrected chi connectivity index (χ1v) is 2.43. The van der Waals surface area contributed by atoms with Gasteiger partial charge in [0.2, 0.25) is 0 Å². The van der Waals surface area contributed by atoms with Crippen LogP contribution in [0.4, 0.5) is 0 Å². The van der Waals surface area contributed by atoms with E-state index in [-0.39, 0.29) is 0 Å². The highest BCUT2D eigenvalue weighted by Crippen LogP contribution is 1.91. The van der Waals surface area contributed by atoms with E-state index in [1.54, 1.807) is 11.2 Å². The van der Waals surface area contributed by atoms with Crippen LogP contribution in [0, 0.1) is 0 Å². The molecule has 1 heterocycles. The molecule has 0 saturated heterocycles. The Kier molecular flexibility index (Phi) is 1.66. The quantitative estimate of drug-likeness (QED) is 0.478. The average Bonchev–Trinajstić information content (AvgIpc) is 1.90. The molecule has 3 heteroatoms. The zero-order valence-corrected chi connectivity index (χ0v) is 4.41. The highest BCUT2D eigenvalue weighted by Gasteiger charge is 1.92. The average molecular weight is 112 g/mol. The second kappa shape index (κ2) is 2.49. The Labute approximate surface area is 47.8 Å². The maximum Gasteiger partial charge on any atom is 0.0543 e. The topological polar surface area (TPSA) is 35.5 Å². The van der Waals surface area contributed by atoms with Crippen molar-refractivity contribution in [3.63, 3.8) is 0 Å². The van der Waals surface area contributed by atoms with Crippen LogP contribution in [-0.2, 0) is 0 Å². The predicted octanol–water partition coefficient (Wildman–Crippen LogP) is 0.266. The lowest BCUT2D eigenvalue weighted by molar-refractivity contribution is 0.0218. The van der Waals surface area contributed by atoms with Gasteiger partial charge in [-0.3, -0.25) is 10.2 Å². The molecule has 2 N–H and O–H groups in total. The van der Waals surface area contributed by atoms with Crippen LogP contribution in [0.1, 0.15) is 0 Å². The van der Waals surface area contributed by atoms with Gasteiger partial charge < -0.3 is 0 Å². The molecule has 0 saturated carbocycles. The summed E-state index contributed by atoms with van der Waals surface area (Å²) in [4.78, 5) is 0. The van der Waals surface area contributed by atoms with Crippen LogP contribution in [0.5, 0.6) is 0 Å². The second-order valence-electron chi connectivity index (χ2n) is 1.52. The van der Waals surface area contributed by atoms with Gasteiger partial charge in [-0.1, -0.05) is 12.2 Å². The largest absolute Gasteiger partial charge is 0.297 e. The summed E-state index contributed by atoms with van der Waals surface area (Å²) in [5, 5.41) is 9.84. The molecule has 0 atom stereocenters. The van der Waals surface area contributed by atoms with E-state index in [0.29, 0.717) is 6.54 Å². The number of hydrogen-bond acceptors (Lipinski definition) is 3. The Morgan fingerprint density at radius 1 is 1.50 bits per heavy atom. The molecule has 1 aliphatic heterocycles. The van der Waals surface area contributed by atoms with E-state index in [0.717, 1.165) is 0 Å². The molecule has 0 amide bonds. The van der Waals surface area contributed by atoms with Gasteiger partial charge >= 0.3 is 0 Å². The first-order valence-electron chi connectivity index (χ1n) is 2.43.